The zero-order chi connectivity index (χ0) is 12.1. The molecule has 0 radical (unpaired) electrons. The number of hydrogen-bond donors (Lipinski definition) is 0. The van der Waals surface area contributed by atoms with Gasteiger partial charge in [-0.05, 0) is 25.3 Å². The lowest BCUT2D eigenvalue weighted by molar-refractivity contribution is -0.158. The molecule has 0 aliphatic heterocycles. The first kappa shape index (κ1) is 14.0. The normalized spacial score (nSPS) is 17.9. The van der Waals surface area contributed by atoms with Gasteiger partial charge in [0, 0.05) is 0 Å². The largest absolute Gasteiger partial charge is 0.395 e. The number of rotatable bonds is 4. The number of alkyl halides is 3. The van der Waals surface area contributed by atoms with Crippen molar-refractivity contribution in [1.29, 1.82) is 0 Å². The molecule has 2 atom stereocenters. The standard InChI is InChI=1S/C12H17F3/c1-5-9(3)7-8-11(6-2)10(4)12(13,14)15/h5-10H,1H2,2-4H3/b8-7-,11-6+/t9?,10-/m1/s1. The van der Waals surface area contributed by atoms with Crippen LogP contribution in [0, 0.1) is 11.8 Å². The van der Waals surface area contributed by atoms with E-state index in [1.165, 1.54) is 12.2 Å². The SMILES string of the molecule is C=CC(C)/C=C\C(=C/C)[C@@H](C)C(F)(F)F. The molecular formula is C12H17F3. The van der Waals surface area contributed by atoms with Crippen LogP contribution in [0.4, 0.5) is 13.2 Å². The van der Waals surface area contributed by atoms with Gasteiger partial charge in [-0.15, -0.1) is 6.58 Å². The Labute approximate surface area is 89.2 Å². The predicted octanol–water partition coefficient (Wildman–Crippen LogP) is 4.51. The van der Waals surface area contributed by atoms with Gasteiger partial charge in [-0.25, -0.2) is 0 Å². The molecule has 0 fully saturated rings. The second kappa shape index (κ2) is 5.79. The fraction of sp³-hybridized carbons (Fsp3) is 0.500. The Bertz CT molecular complexity index is 259. The van der Waals surface area contributed by atoms with E-state index in [2.05, 4.69) is 6.58 Å². The van der Waals surface area contributed by atoms with Crippen molar-refractivity contribution < 1.29 is 13.2 Å². The summed E-state index contributed by atoms with van der Waals surface area (Å²) in [6, 6.07) is 0. The zero-order valence-corrected chi connectivity index (χ0v) is 9.31. The Kier molecular flexibility index (Phi) is 5.40. The second-order valence-electron chi connectivity index (χ2n) is 3.51. The molecule has 0 saturated carbocycles. The van der Waals surface area contributed by atoms with Crippen LogP contribution in [0.25, 0.3) is 0 Å². The van der Waals surface area contributed by atoms with Crippen molar-refractivity contribution in [2.24, 2.45) is 11.8 Å². The average Bonchev–Trinajstić information content (AvgIpc) is 2.16. The maximum Gasteiger partial charge on any atom is 0.395 e. The van der Waals surface area contributed by atoms with Crippen molar-refractivity contribution in [3.8, 4) is 0 Å². The minimum Gasteiger partial charge on any atom is -0.170 e. The van der Waals surface area contributed by atoms with Gasteiger partial charge < -0.3 is 0 Å². The van der Waals surface area contributed by atoms with E-state index >= 15 is 0 Å². The van der Waals surface area contributed by atoms with Crippen molar-refractivity contribution in [3.05, 3.63) is 36.5 Å². The van der Waals surface area contributed by atoms with Gasteiger partial charge in [0.15, 0.2) is 0 Å². The van der Waals surface area contributed by atoms with Gasteiger partial charge in [-0.2, -0.15) is 13.2 Å². The summed E-state index contributed by atoms with van der Waals surface area (Å²) in [4.78, 5) is 0. The van der Waals surface area contributed by atoms with Crippen molar-refractivity contribution in [3.63, 3.8) is 0 Å². The summed E-state index contributed by atoms with van der Waals surface area (Å²) in [5.74, 6) is -1.34. The summed E-state index contributed by atoms with van der Waals surface area (Å²) in [5, 5.41) is 0. The molecule has 0 amide bonds. The molecule has 0 bridgehead atoms. The first-order valence-corrected chi connectivity index (χ1v) is 4.86. The van der Waals surface area contributed by atoms with Crippen LogP contribution in [-0.2, 0) is 0 Å². The third-order valence-electron chi connectivity index (χ3n) is 2.29. The minimum absolute atomic E-state index is 0.0837. The second-order valence-corrected chi connectivity index (χ2v) is 3.51. The van der Waals surface area contributed by atoms with Gasteiger partial charge in [-0.1, -0.05) is 31.2 Å². The topological polar surface area (TPSA) is 0 Å². The monoisotopic (exact) mass is 218 g/mol. The van der Waals surface area contributed by atoms with Gasteiger partial charge in [0.05, 0.1) is 5.92 Å². The highest BCUT2D eigenvalue weighted by molar-refractivity contribution is 5.23. The minimum atomic E-state index is -4.18. The Hall–Kier alpha value is -0.990. The fourth-order valence-corrected chi connectivity index (χ4v) is 1.02. The van der Waals surface area contributed by atoms with Crippen molar-refractivity contribution in [2.75, 3.05) is 0 Å². The molecular weight excluding hydrogens is 201 g/mol. The van der Waals surface area contributed by atoms with Gasteiger partial charge >= 0.3 is 6.18 Å². The first-order chi connectivity index (χ1) is 6.82. The van der Waals surface area contributed by atoms with E-state index in [0.717, 1.165) is 6.92 Å². The molecule has 0 saturated heterocycles. The van der Waals surface area contributed by atoms with E-state index in [0.29, 0.717) is 0 Å². The van der Waals surface area contributed by atoms with Gasteiger partial charge in [-0.3, -0.25) is 0 Å². The Morgan fingerprint density at radius 1 is 1.27 bits per heavy atom. The Morgan fingerprint density at radius 3 is 2.13 bits per heavy atom. The summed E-state index contributed by atoms with van der Waals surface area (Å²) in [7, 11) is 0. The predicted molar refractivity (Wildman–Crippen MR) is 57.5 cm³/mol. The highest BCUT2D eigenvalue weighted by Gasteiger charge is 2.37. The van der Waals surface area contributed by atoms with Crippen molar-refractivity contribution in [2.45, 2.75) is 26.9 Å². The van der Waals surface area contributed by atoms with E-state index in [-0.39, 0.29) is 11.5 Å². The van der Waals surface area contributed by atoms with Gasteiger partial charge in [0.1, 0.15) is 0 Å². The zero-order valence-electron chi connectivity index (χ0n) is 9.31. The molecule has 0 aromatic carbocycles. The molecule has 1 unspecified atom stereocenters. The highest BCUT2D eigenvalue weighted by atomic mass is 19.4. The summed E-state index contributed by atoms with van der Waals surface area (Å²) < 4.78 is 37.2. The Morgan fingerprint density at radius 2 is 1.80 bits per heavy atom. The van der Waals surface area contributed by atoms with Crippen LogP contribution < -0.4 is 0 Å². The Balaban J connectivity index is 4.67. The van der Waals surface area contributed by atoms with Crippen LogP contribution in [-0.4, -0.2) is 6.18 Å². The summed E-state index contributed by atoms with van der Waals surface area (Å²) in [5.41, 5.74) is 0.288. The van der Waals surface area contributed by atoms with Crippen LogP contribution in [0.1, 0.15) is 20.8 Å². The maximum absolute atomic E-state index is 12.4. The fourth-order valence-electron chi connectivity index (χ4n) is 1.02. The summed E-state index contributed by atoms with van der Waals surface area (Å²) in [6.07, 6.45) is 2.23. The third-order valence-corrected chi connectivity index (χ3v) is 2.29. The van der Waals surface area contributed by atoms with E-state index in [9.17, 15) is 13.2 Å². The molecule has 0 spiro atoms. The molecule has 15 heavy (non-hydrogen) atoms. The molecule has 3 heteroatoms. The van der Waals surface area contributed by atoms with E-state index in [1.54, 1.807) is 19.1 Å². The quantitative estimate of drug-likeness (QED) is 0.481. The molecule has 0 aliphatic carbocycles. The van der Waals surface area contributed by atoms with Crippen molar-refractivity contribution in [1.82, 2.24) is 0 Å². The third kappa shape index (κ3) is 4.86. The first-order valence-electron chi connectivity index (χ1n) is 4.86. The van der Waals surface area contributed by atoms with Gasteiger partial charge in [0.25, 0.3) is 0 Å². The van der Waals surface area contributed by atoms with Gasteiger partial charge in [0.2, 0.25) is 0 Å². The van der Waals surface area contributed by atoms with Crippen LogP contribution in [0.5, 0.6) is 0 Å². The van der Waals surface area contributed by atoms with Crippen LogP contribution >= 0.6 is 0 Å². The molecule has 0 heterocycles. The van der Waals surface area contributed by atoms with E-state index in [4.69, 9.17) is 0 Å². The van der Waals surface area contributed by atoms with Crippen LogP contribution in [0.2, 0.25) is 0 Å². The number of hydrogen-bond acceptors (Lipinski definition) is 0. The molecule has 0 nitrogen and oxygen atoms in total. The number of allylic oxidation sites excluding steroid dienone is 5. The lowest BCUT2D eigenvalue weighted by Gasteiger charge is -2.16. The molecule has 0 aromatic rings. The maximum atomic E-state index is 12.4. The summed E-state index contributed by atoms with van der Waals surface area (Å²) in [6.45, 7) is 8.21. The summed E-state index contributed by atoms with van der Waals surface area (Å²) >= 11 is 0. The lowest BCUT2D eigenvalue weighted by atomic mass is 9.98. The van der Waals surface area contributed by atoms with Crippen LogP contribution in [0.3, 0.4) is 0 Å². The smallest absolute Gasteiger partial charge is 0.170 e. The molecule has 0 rings (SSSR count). The van der Waals surface area contributed by atoms with Crippen molar-refractivity contribution >= 4 is 0 Å². The average molecular weight is 218 g/mol. The van der Waals surface area contributed by atoms with E-state index in [1.807, 2.05) is 6.92 Å². The molecule has 0 N–H and O–H groups in total. The highest BCUT2D eigenvalue weighted by Crippen LogP contribution is 2.32. The lowest BCUT2D eigenvalue weighted by Crippen LogP contribution is -2.21. The van der Waals surface area contributed by atoms with E-state index < -0.39 is 12.1 Å². The van der Waals surface area contributed by atoms with Crippen LogP contribution in [0.15, 0.2) is 36.5 Å². The number of halogens is 3. The molecule has 0 aromatic heterocycles. The molecule has 86 valence electrons. The molecule has 0 aliphatic rings.